The second-order valence-corrected chi connectivity index (χ2v) is 12.0. The summed E-state index contributed by atoms with van der Waals surface area (Å²) in [6.07, 6.45) is 7.13. The first-order valence-corrected chi connectivity index (χ1v) is 16.3. The Morgan fingerprint density at radius 1 is 1.17 bits per heavy atom. The van der Waals surface area contributed by atoms with Crippen LogP contribution in [0.4, 0.5) is 17.1 Å². The van der Waals surface area contributed by atoms with Crippen LogP contribution in [0.5, 0.6) is 11.5 Å². The molecule has 0 radical (unpaired) electrons. The fourth-order valence-electron chi connectivity index (χ4n) is 5.68. The van der Waals surface area contributed by atoms with E-state index < -0.39 is 0 Å². The number of ether oxygens (including phenoxy) is 4. The van der Waals surface area contributed by atoms with Gasteiger partial charge in [-0.15, -0.1) is 0 Å². The van der Waals surface area contributed by atoms with Crippen LogP contribution in [-0.4, -0.2) is 73.4 Å². The third-order valence-electron chi connectivity index (χ3n) is 8.28. The Hall–Kier alpha value is -4.73. The smallest absolute Gasteiger partial charge is 0.248 e. The van der Waals surface area contributed by atoms with Gasteiger partial charge in [0.2, 0.25) is 5.91 Å². The maximum absolute atomic E-state index is 13.4. The van der Waals surface area contributed by atoms with Gasteiger partial charge in [0.15, 0.2) is 0 Å². The summed E-state index contributed by atoms with van der Waals surface area (Å²) < 4.78 is 22.9. The van der Waals surface area contributed by atoms with E-state index in [0.29, 0.717) is 69.9 Å². The fraction of sp³-hybridized carbons (Fsp3) is 0.333. The van der Waals surface area contributed by atoms with Crippen LogP contribution in [-0.2, 0) is 20.9 Å². The van der Waals surface area contributed by atoms with Crippen molar-refractivity contribution in [3.8, 4) is 17.6 Å². The number of methoxy groups -OCH3 is 1. The average molecular weight is 669 g/mol. The SMILES string of the molecule is COCCN1CCC(=CC(=O)Nc2cc3c(Nc4ccc(OCc5ccccn5)c(Cl)c4)c(C#N)cnc3cc2OC2CCOC2)CC1. The number of fused-ring (bicyclic) bond motifs is 1. The number of halogens is 1. The quantitative estimate of drug-likeness (QED) is 0.167. The van der Waals surface area contributed by atoms with E-state index in [1.54, 1.807) is 43.6 Å². The first kappa shape index (κ1) is 33.2. The summed E-state index contributed by atoms with van der Waals surface area (Å²) in [5.41, 5.74) is 4.43. The highest BCUT2D eigenvalue weighted by Gasteiger charge is 2.22. The molecule has 0 aliphatic carbocycles. The van der Waals surface area contributed by atoms with Crippen molar-refractivity contribution in [2.24, 2.45) is 0 Å². The number of rotatable bonds is 12. The molecular formula is C36H37ClN6O5. The van der Waals surface area contributed by atoms with Crippen LogP contribution < -0.4 is 20.1 Å². The van der Waals surface area contributed by atoms with Gasteiger partial charge in [-0.25, -0.2) is 0 Å². The molecule has 2 aromatic carbocycles. The summed E-state index contributed by atoms with van der Waals surface area (Å²) in [4.78, 5) is 24.5. The number of carbonyl (C=O) groups is 1. The molecule has 12 heteroatoms. The van der Waals surface area contributed by atoms with Crippen LogP contribution in [0.15, 0.2) is 72.6 Å². The number of anilines is 3. The van der Waals surface area contributed by atoms with Crippen LogP contribution in [0, 0.1) is 11.3 Å². The molecule has 2 N–H and O–H groups in total. The number of hydrogen-bond acceptors (Lipinski definition) is 10. The summed E-state index contributed by atoms with van der Waals surface area (Å²) in [6.45, 7) is 4.68. The largest absolute Gasteiger partial charge is 0.486 e. The molecule has 2 aliphatic heterocycles. The van der Waals surface area contributed by atoms with Gasteiger partial charge in [0.1, 0.15) is 30.3 Å². The normalized spacial score (nSPS) is 16.4. The summed E-state index contributed by atoms with van der Waals surface area (Å²) >= 11 is 6.60. The minimum atomic E-state index is -0.241. The van der Waals surface area contributed by atoms with Crippen molar-refractivity contribution in [3.63, 3.8) is 0 Å². The molecule has 1 unspecified atom stereocenters. The van der Waals surface area contributed by atoms with E-state index in [2.05, 4.69) is 31.6 Å². The van der Waals surface area contributed by atoms with Gasteiger partial charge in [-0.05, 0) is 49.2 Å². The molecule has 48 heavy (non-hydrogen) atoms. The van der Waals surface area contributed by atoms with Gasteiger partial charge in [0, 0.05) is 68.8 Å². The second kappa shape index (κ2) is 15.9. The molecule has 2 aromatic heterocycles. The number of nitrogens with one attached hydrogen (secondary N) is 2. The van der Waals surface area contributed by atoms with Crippen LogP contribution in [0.3, 0.4) is 0 Å². The third-order valence-corrected chi connectivity index (χ3v) is 8.57. The van der Waals surface area contributed by atoms with Crippen molar-refractivity contribution in [1.82, 2.24) is 14.9 Å². The standard InChI is InChI=1S/C36H37ClN6O5/c1-45-15-13-43-11-7-24(8-12-43)16-35(44)42-32-18-29-31(19-34(32)48-28-9-14-46-23-28)40-21-25(20-38)36(29)41-26-5-6-33(30(37)17-26)47-22-27-4-2-3-10-39-27/h2-6,10,16-19,21,28H,7-9,11-15,22-23H2,1H3,(H,40,41)(H,42,44). The molecule has 2 aliphatic rings. The number of amides is 1. The molecule has 6 rings (SSSR count). The highest BCUT2D eigenvalue weighted by atomic mass is 35.5. The van der Waals surface area contributed by atoms with Crippen molar-refractivity contribution < 1.29 is 23.7 Å². The van der Waals surface area contributed by atoms with Crippen molar-refractivity contribution in [1.29, 1.82) is 5.26 Å². The predicted octanol–water partition coefficient (Wildman–Crippen LogP) is 6.25. The van der Waals surface area contributed by atoms with Gasteiger partial charge in [0.05, 0.1) is 53.0 Å². The highest BCUT2D eigenvalue weighted by molar-refractivity contribution is 6.32. The first-order valence-electron chi connectivity index (χ1n) is 15.9. The molecule has 1 amide bonds. The average Bonchev–Trinajstić information content (AvgIpc) is 3.62. The molecular weight excluding hydrogens is 632 g/mol. The second-order valence-electron chi connectivity index (χ2n) is 11.6. The van der Waals surface area contributed by atoms with Crippen LogP contribution >= 0.6 is 11.6 Å². The molecule has 4 heterocycles. The zero-order valence-corrected chi connectivity index (χ0v) is 27.5. The zero-order valence-electron chi connectivity index (χ0n) is 26.7. The van der Waals surface area contributed by atoms with Gasteiger partial charge in [-0.2, -0.15) is 5.26 Å². The van der Waals surface area contributed by atoms with Gasteiger partial charge in [-0.1, -0.05) is 23.2 Å². The van der Waals surface area contributed by atoms with E-state index in [4.69, 9.17) is 30.5 Å². The summed E-state index contributed by atoms with van der Waals surface area (Å²) in [7, 11) is 1.70. The minimum Gasteiger partial charge on any atom is -0.486 e. The Morgan fingerprint density at radius 3 is 2.77 bits per heavy atom. The Labute approximate surface area is 284 Å². The molecule has 4 aromatic rings. The van der Waals surface area contributed by atoms with Gasteiger partial charge >= 0.3 is 0 Å². The Kier molecular flexibility index (Phi) is 11.0. The van der Waals surface area contributed by atoms with Crippen molar-refractivity contribution in [2.75, 3.05) is 57.2 Å². The lowest BCUT2D eigenvalue weighted by Crippen LogP contribution is -2.33. The van der Waals surface area contributed by atoms with E-state index in [0.717, 1.165) is 50.2 Å². The van der Waals surface area contributed by atoms with Crippen molar-refractivity contribution >= 4 is 45.5 Å². The van der Waals surface area contributed by atoms with Crippen molar-refractivity contribution in [3.05, 3.63) is 88.9 Å². The number of nitrogens with zero attached hydrogens (tertiary/aromatic N) is 4. The lowest BCUT2D eigenvalue weighted by atomic mass is 10.0. The van der Waals surface area contributed by atoms with E-state index in [1.807, 2.05) is 24.3 Å². The fourth-order valence-corrected chi connectivity index (χ4v) is 5.91. The predicted molar refractivity (Wildman–Crippen MR) is 184 cm³/mol. The molecule has 0 spiro atoms. The van der Waals surface area contributed by atoms with Gasteiger partial charge in [0.25, 0.3) is 0 Å². The number of aromatic nitrogens is 2. The number of nitriles is 1. The van der Waals surface area contributed by atoms with Gasteiger partial charge < -0.3 is 34.5 Å². The number of hydrogen-bond donors (Lipinski definition) is 2. The first-order chi connectivity index (χ1) is 23.5. The monoisotopic (exact) mass is 668 g/mol. The Bertz CT molecular complexity index is 1810. The lowest BCUT2D eigenvalue weighted by molar-refractivity contribution is -0.112. The van der Waals surface area contributed by atoms with Crippen LogP contribution in [0.25, 0.3) is 10.9 Å². The number of pyridine rings is 2. The van der Waals surface area contributed by atoms with Crippen LogP contribution in [0.1, 0.15) is 30.5 Å². The molecule has 1 atom stereocenters. The van der Waals surface area contributed by atoms with E-state index >= 15 is 0 Å². The Balaban J connectivity index is 1.26. The van der Waals surface area contributed by atoms with Crippen LogP contribution in [0.2, 0.25) is 5.02 Å². The summed E-state index contributed by atoms with van der Waals surface area (Å²) in [5, 5.41) is 17.5. The number of piperidine rings is 1. The number of likely N-dealkylation sites (tertiary alicyclic amines) is 1. The lowest BCUT2D eigenvalue weighted by Gasteiger charge is -2.27. The number of carbonyl (C=O) groups excluding carboxylic acids is 1. The van der Waals surface area contributed by atoms with Crippen molar-refractivity contribution in [2.45, 2.75) is 32.0 Å². The topological polar surface area (TPSA) is 131 Å². The highest BCUT2D eigenvalue weighted by Crippen LogP contribution is 2.38. The molecule has 2 fully saturated rings. The summed E-state index contributed by atoms with van der Waals surface area (Å²) in [6, 6.07) is 16.8. The van der Waals surface area contributed by atoms with Gasteiger partial charge in [-0.3, -0.25) is 14.8 Å². The zero-order chi connectivity index (χ0) is 33.3. The molecule has 0 bridgehead atoms. The molecule has 11 nitrogen and oxygen atoms in total. The Morgan fingerprint density at radius 2 is 2.04 bits per heavy atom. The van der Waals surface area contributed by atoms with E-state index in [1.165, 1.54) is 6.20 Å². The summed E-state index contributed by atoms with van der Waals surface area (Å²) in [5.74, 6) is 0.749. The molecule has 248 valence electrons. The third kappa shape index (κ3) is 8.40. The molecule has 0 saturated carbocycles. The molecule has 2 saturated heterocycles. The van der Waals surface area contributed by atoms with E-state index in [-0.39, 0.29) is 18.6 Å². The number of benzene rings is 2. The maximum Gasteiger partial charge on any atom is 0.248 e. The maximum atomic E-state index is 13.4. The minimum absolute atomic E-state index is 0.149. The van der Waals surface area contributed by atoms with E-state index in [9.17, 15) is 10.1 Å².